The first-order valence-corrected chi connectivity index (χ1v) is 4.00. The van der Waals surface area contributed by atoms with Crippen molar-refractivity contribution < 1.29 is 14.6 Å². The molecule has 1 heterocycles. The molecule has 3 heteroatoms. The van der Waals surface area contributed by atoms with Gasteiger partial charge in [-0.1, -0.05) is 18.2 Å². The summed E-state index contributed by atoms with van der Waals surface area (Å²) in [7, 11) is 0. The molecule has 0 bridgehead atoms. The van der Waals surface area contributed by atoms with Gasteiger partial charge in [0.15, 0.2) is 6.10 Å². The number of hydrogen-bond acceptors (Lipinski definition) is 2. The molecule has 2 atom stereocenters. The van der Waals surface area contributed by atoms with Crippen LogP contribution in [0.1, 0.15) is 6.42 Å². The molecule has 3 nitrogen and oxygen atoms in total. The van der Waals surface area contributed by atoms with Crippen molar-refractivity contribution in [3.63, 3.8) is 0 Å². The van der Waals surface area contributed by atoms with E-state index in [9.17, 15) is 4.79 Å². The van der Waals surface area contributed by atoms with E-state index in [1.807, 2.05) is 18.2 Å². The molecule has 1 aliphatic heterocycles. The van der Waals surface area contributed by atoms with E-state index < -0.39 is 12.1 Å². The molecule has 0 aromatic heterocycles. The van der Waals surface area contributed by atoms with Gasteiger partial charge in [0.1, 0.15) is 0 Å². The van der Waals surface area contributed by atoms with Crippen LogP contribution in [-0.4, -0.2) is 23.8 Å². The first kappa shape index (κ1) is 7.55. The summed E-state index contributed by atoms with van der Waals surface area (Å²) in [6, 6.07) is 0. The molecular formula is C9H10O3. The maximum atomic E-state index is 10.7. The van der Waals surface area contributed by atoms with Gasteiger partial charge in [-0.3, -0.25) is 0 Å². The average Bonchev–Trinajstić information content (AvgIpc) is 2.47. The van der Waals surface area contributed by atoms with Crippen LogP contribution in [-0.2, 0) is 9.53 Å². The Labute approximate surface area is 70.3 Å². The number of ether oxygens (including phenoxy) is 1. The number of carbonyl (C=O) groups is 1. The van der Waals surface area contributed by atoms with Crippen molar-refractivity contribution in [2.45, 2.75) is 12.5 Å². The summed E-state index contributed by atoms with van der Waals surface area (Å²) >= 11 is 0. The van der Waals surface area contributed by atoms with Crippen molar-refractivity contribution in [2.75, 3.05) is 6.61 Å². The number of fused-ring (bicyclic) bond motifs is 1. The summed E-state index contributed by atoms with van der Waals surface area (Å²) in [6.07, 6.45) is 6.02. The zero-order valence-corrected chi connectivity index (χ0v) is 6.56. The van der Waals surface area contributed by atoms with Crippen LogP contribution in [0.2, 0.25) is 0 Å². The zero-order chi connectivity index (χ0) is 8.55. The van der Waals surface area contributed by atoms with Gasteiger partial charge in [-0.2, -0.15) is 0 Å². The van der Waals surface area contributed by atoms with Crippen molar-refractivity contribution >= 4 is 5.97 Å². The van der Waals surface area contributed by atoms with Gasteiger partial charge < -0.3 is 9.84 Å². The topological polar surface area (TPSA) is 46.5 Å². The van der Waals surface area contributed by atoms with Gasteiger partial charge in [-0.25, -0.2) is 4.79 Å². The van der Waals surface area contributed by atoms with E-state index in [1.165, 1.54) is 0 Å². The van der Waals surface area contributed by atoms with Crippen molar-refractivity contribution in [1.29, 1.82) is 0 Å². The van der Waals surface area contributed by atoms with Crippen LogP contribution >= 0.6 is 0 Å². The van der Waals surface area contributed by atoms with Crippen molar-refractivity contribution in [3.8, 4) is 0 Å². The second-order valence-corrected chi connectivity index (χ2v) is 3.08. The molecule has 0 amide bonds. The Bertz CT molecular complexity index is 265. The van der Waals surface area contributed by atoms with Gasteiger partial charge in [0, 0.05) is 5.92 Å². The van der Waals surface area contributed by atoms with Gasteiger partial charge in [0.2, 0.25) is 0 Å². The minimum absolute atomic E-state index is 0.302. The molecule has 1 fully saturated rings. The third kappa shape index (κ3) is 1.06. The number of aliphatic carboxylic acids is 1. The van der Waals surface area contributed by atoms with E-state index in [4.69, 9.17) is 9.84 Å². The third-order valence-corrected chi connectivity index (χ3v) is 2.31. The van der Waals surface area contributed by atoms with Crippen LogP contribution in [0.5, 0.6) is 0 Å². The molecule has 12 heavy (non-hydrogen) atoms. The fourth-order valence-corrected chi connectivity index (χ4v) is 1.68. The molecule has 2 aliphatic rings. The quantitative estimate of drug-likeness (QED) is 0.631. The number of carboxylic acids is 1. The lowest BCUT2D eigenvalue weighted by atomic mass is 9.91. The SMILES string of the molecule is O=C(O)C1OCC2CC=CC=C21. The molecule has 1 aliphatic carbocycles. The average molecular weight is 166 g/mol. The Morgan fingerprint density at radius 3 is 3.25 bits per heavy atom. The van der Waals surface area contributed by atoms with Gasteiger partial charge in [-0.15, -0.1) is 0 Å². The van der Waals surface area contributed by atoms with E-state index in [0.717, 1.165) is 12.0 Å². The first-order valence-electron chi connectivity index (χ1n) is 4.00. The molecule has 0 saturated carbocycles. The molecule has 64 valence electrons. The molecule has 2 unspecified atom stereocenters. The lowest BCUT2D eigenvalue weighted by molar-refractivity contribution is -0.145. The van der Waals surface area contributed by atoms with Crippen LogP contribution in [0, 0.1) is 5.92 Å². The molecule has 0 aromatic carbocycles. The number of hydrogen-bond donors (Lipinski definition) is 1. The van der Waals surface area contributed by atoms with Gasteiger partial charge in [0.05, 0.1) is 6.61 Å². The summed E-state index contributed by atoms with van der Waals surface area (Å²) in [5, 5.41) is 8.76. The Balaban J connectivity index is 2.25. The minimum Gasteiger partial charge on any atom is -0.479 e. The highest BCUT2D eigenvalue weighted by molar-refractivity contribution is 5.77. The Morgan fingerprint density at radius 2 is 2.50 bits per heavy atom. The molecule has 0 radical (unpaired) electrons. The van der Waals surface area contributed by atoms with Crippen LogP contribution in [0.4, 0.5) is 0 Å². The summed E-state index contributed by atoms with van der Waals surface area (Å²) in [6.45, 7) is 0.549. The van der Waals surface area contributed by atoms with E-state index in [2.05, 4.69) is 0 Å². The fraction of sp³-hybridized carbons (Fsp3) is 0.444. The van der Waals surface area contributed by atoms with Crippen LogP contribution in [0.25, 0.3) is 0 Å². The largest absolute Gasteiger partial charge is 0.479 e. The lowest BCUT2D eigenvalue weighted by Crippen LogP contribution is -2.21. The van der Waals surface area contributed by atoms with Gasteiger partial charge in [0.25, 0.3) is 0 Å². The summed E-state index contributed by atoms with van der Waals surface area (Å²) in [5.41, 5.74) is 0.921. The highest BCUT2D eigenvalue weighted by Crippen LogP contribution is 2.31. The summed E-state index contributed by atoms with van der Waals surface area (Å²) in [5.74, 6) is -0.574. The molecule has 0 aromatic rings. The number of carboxylic acid groups (broad SMARTS) is 1. The molecular weight excluding hydrogens is 156 g/mol. The van der Waals surface area contributed by atoms with Crippen LogP contribution < -0.4 is 0 Å². The first-order chi connectivity index (χ1) is 5.79. The third-order valence-electron chi connectivity index (χ3n) is 2.31. The van der Waals surface area contributed by atoms with Crippen molar-refractivity contribution in [3.05, 3.63) is 23.8 Å². The lowest BCUT2D eigenvalue weighted by Gasteiger charge is -2.12. The standard InChI is InChI=1S/C9H10O3/c10-9(11)8-7-4-2-1-3-6(7)5-12-8/h1-2,4,6,8H,3,5H2,(H,10,11). The van der Waals surface area contributed by atoms with E-state index in [1.54, 1.807) is 0 Å². The number of allylic oxidation sites excluding steroid dienone is 3. The normalized spacial score (nSPS) is 32.8. The number of rotatable bonds is 1. The molecule has 1 saturated heterocycles. The van der Waals surface area contributed by atoms with Crippen molar-refractivity contribution in [1.82, 2.24) is 0 Å². The zero-order valence-electron chi connectivity index (χ0n) is 6.56. The second kappa shape index (κ2) is 2.75. The highest BCUT2D eigenvalue weighted by atomic mass is 16.5. The predicted molar refractivity (Wildman–Crippen MR) is 42.7 cm³/mol. The monoisotopic (exact) mass is 166 g/mol. The maximum absolute atomic E-state index is 10.7. The smallest absolute Gasteiger partial charge is 0.337 e. The Morgan fingerprint density at radius 1 is 1.67 bits per heavy atom. The van der Waals surface area contributed by atoms with E-state index in [-0.39, 0.29) is 0 Å². The van der Waals surface area contributed by atoms with E-state index >= 15 is 0 Å². The molecule has 0 spiro atoms. The van der Waals surface area contributed by atoms with Crippen LogP contribution in [0.15, 0.2) is 23.8 Å². The van der Waals surface area contributed by atoms with E-state index in [0.29, 0.717) is 12.5 Å². The molecule has 1 N–H and O–H groups in total. The highest BCUT2D eigenvalue weighted by Gasteiger charge is 2.35. The minimum atomic E-state index is -0.876. The summed E-state index contributed by atoms with van der Waals surface area (Å²) < 4.78 is 5.15. The maximum Gasteiger partial charge on any atom is 0.337 e. The Kier molecular flexibility index (Phi) is 1.73. The predicted octanol–water partition coefficient (Wildman–Crippen LogP) is 0.972. The fourth-order valence-electron chi connectivity index (χ4n) is 1.68. The summed E-state index contributed by atoms with van der Waals surface area (Å²) in [4.78, 5) is 10.7. The van der Waals surface area contributed by atoms with Gasteiger partial charge >= 0.3 is 5.97 Å². The van der Waals surface area contributed by atoms with Gasteiger partial charge in [-0.05, 0) is 12.0 Å². The second-order valence-electron chi connectivity index (χ2n) is 3.08. The van der Waals surface area contributed by atoms with Crippen molar-refractivity contribution in [2.24, 2.45) is 5.92 Å². The van der Waals surface area contributed by atoms with Crippen LogP contribution in [0.3, 0.4) is 0 Å². The molecule has 2 rings (SSSR count). The Hall–Kier alpha value is -1.09.